The summed E-state index contributed by atoms with van der Waals surface area (Å²) in [5.74, 6) is 0. The summed E-state index contributed by atoms with van der Waals surface area (Å²) in [5, 5.41) is 0. The zero-order chi connectivity index (χ0) is 9.98. The molecule has 0 rings (SSSR count). The van der Waals surface area contributed by atoms with Crippen molar-refractivity contribution in [2.75, 3.05) is 13.1 Å². The first kappa shape index (κ1) is 14.4. The molecular weight excluding hydrogens is 152 g/mol. The highest BCUT2D eigenvalue weighted by molar-refractivity contribution is 4.63. The Morgan fingerprint density at radius 2 is 1.08 bits per heavy atom. The zero-order valence-corrected chi connectivity index (χ0v) is 8.29. The predicted molar refractivity (Wildman–Crippen MR) is 54.6 cm³/mol. The van der Waals surface area contributed by atoms with Crippen molar-refractivity contribution in [2.45, 2.75) is 38.8 Å². The second-order valence-electron chi connectivity index (χ2n) is 3.00. The molecule has 0 fully saturated rings. The molecule has 12 heavy (non-hydrogen) atoms. The predicted octanol–water partition coefficient (Wildman–Crippen LogP) is -0.635. The van der Waals surface area contributed by atoms with Crippen LogP contribution in [-0.4, -0.2) is 25.2 Å². The molecule has 0 aliphatic carbocycles. The molecular formula is C8H24N4. The lowest BCUT2D eigenvalue weighted by Crippen LogP contribution is -2.35. The second kappa shape index (κ2) is 10.8. The average molecular weight is 176 g/mol. The first-order chi connectivity index (χ1) is 5.56. The SMILES string of the molecule is CC(N)C(C)N.NCCCCN. The van der Waals surface area contributed by atoms with Crippen LogP contribution < -0.4 is 22.9 Å². The third kappa shape index (κ3) is 16.4. The van der Waals surface area contributed by atoms with Gasteiger partial charge in [0, 0.05) is 12.1 Å². The highest BCUT2D eigenvalue weighted by atomic mass is 14.7. The lowest BCUT2D eigenvalue weighted by atomic mass is 10.2. The lowest BCUT2D eigenvalue weighted by Gasteiger charge is -2.06. The first-order valence-electron chi connectivity index (χ1n) is 4.47. The molecule has 4 nitrogen and oxygen atoms in total. The van der Waals surface area contributed by atoms with Crippen molar-refractivity contribution in [3.63, 3.8) is 0 Å². The molecule has 4 heteroatoms. The molecule has 76 valence electrons. The maximum Gasteiger partial charge on any atom is 0.0160 e. The van der Waals surface area contributed by atoms with Gasteiger partial charge in [-0.3, -0.25) is 0 Å². The summed E-state index contributed by atoms with van der Waals surface area (Å²) in [6.07, 6.45) is 2.13. The Morgan fingerprint density at radius 1 is 0.833 bits per heavy atom. The van der Waals surface area contributed by atoms with Crippen LogP contribution in [0.2, 0.25) is 0 Å². The minimum Gasteiger partial charge on any atom is -0.330 e. The molecule has 2 atom stereocenters. The molecule has 0 amide bonds. The summed E-state index contributed by atoms with van der Waals surface area (Å²) in [4.78, 5) is 0. The number of rotatable bonds is 4. The Balaban J connectivity index is 0. The van der Waals surface area contributed by atoms with Gasteiger partial charge in [-0.25, -0.2) is 0 Å². The van der Waals surface area contributed by atoms with Gasteiger partial charge in [-0.15, -0.1) is 0 Å². The van der Waals surface area contributed by atoms with Crippen LogP contribution in [0.15, 0.2) is 0 Å². The molecule has 0 aromatic heterocycles. The fraction of sp³-hybridized carbons (Fsp3) is 1.00. The minimum atomic E-state index is 0.130. The van der Waals surface area contributed by atoms with E-state index in [1.54, 1.807) is 0 Å². The molecule has 0 aliphatic rings. The third-order valence-corrected chi connectivity index (χ3v) is 1.49. The van der Waals surface area contributed by atoms with E-state index in [4.69, 9.17) is 22.9 Å². The van der Waals surface area contributed by atoms with E-state index in [0.29, 0.717) is 0 Å². The quantitative estimate of drug-likeness (QED) is 0.428. The molecule has 0 spiro atoms. The molecule has 2 unspecified atom stereocenters. The van der Waals surface area contributed by atoms with Crippen LogP contribution in [0, 0.1) is 0 Å². The summed E-state index contributed by atoms with van der Waals surface area (Å²) in [6, 6.07) is 0.259. The number of hydrogen-bond donors (Lipinski definition) is 4. The Morgan fingerprint density at radius 3 is 1.17 bits per heavy atom. The van der Waals surface area contributed by atoms with Gasteiger partial charge < -0.3 is 22.9 Å². The number of nitrogens with two attached hydrogens (primary N) is 4. The third-order valence-electron chi connectivity index (χ3n) is 1.49. The fourth-order valence-corrected chi connectivity index (χ4v) is 0.289. The fourth-order valence-electron chi connectivity index (χ4n) is 0.289. The van der Waals surface area contributed by atoms with Gasteiger partial charge >= 0.3 is 0 Å². The smallest absolute Gasteiger partial charge is 0.0160 e. The largest absolute Gasteiger partial charge is 0.330 e. The molecule has 0 saturated carbocycles. The molecule has 0 heterocycles. The van der Waals surface area contributed by atoms with Crippen molar-refractivity contribution >= 4 is 0 Å². The van der Waals surface area contributed by atoms with Crippen molar-refractivity contribution in [3.05, 3.63) is 0 Å². The summed E-state index contributed by atoms with van der Waals surface area (Å²) < 4.78 is 0. The van der Waals surface area contributed by atoms with Gasteiger partial charge in [-0.05, 0) is 39.8 Å². The van der Waals surface area contributed by atoms with Crippen molar-refractivity contribution in [3.8, 4) is 0 Å². The Kier molecular flexibility index (Phi) is 13.0. The van der Waals surface area contributed by atoms with Gasteiger partial charge in [0.05, 0.1) is 0 Å². The van der Waals surface area contributed by atoms with E-state index >= 15 is 0 Å². The molecule has 0 aromatic carbocycles. The van der Waals surface area contributed by atoms with E-state index in [2.05, 4.69) is 0 Å². The van der Waals surface area contributed by atoms with E-state index in [0.717, 1.165) is 25.9 Å². The van der Waals surface area contributed by atoms with Crippen molar-refractivity contribution < 1.29 is 0 Å². The Labute approximate surface area is 75.7 Å². The highest BCUT2D eigenvalue weighted by Gasteiger charge is 1.96. The van der Waals surface area contributed by atoms with E-state index < -0.39 is 0 Å². The van der Waals surface area contributed by atoms with Crippen LogP contribution in [0.25, 0.3) is 0 Å². The van der Waals surface area contributed by atoms with Crippen LogP contribution in [0.3, 0.4) is 0 Å². The molecule has 8 N–H and O–H groups in total. The van der Waals surface area contributed by atoms with Gasteiger partial charge in [0.1, 0.15) is 0 Å². The van der Waals surface area contributed by atoms with Gasteiger partial charge in [-0.2, -0.15) is 0 Å². The van der Waals surface area contributed by atoms with Crippen LogP contribution in [-0.2, 0) is 0 Å². The molecule has 0 radical (unpaired) electrons. The monoisotopic (exact) mass is 176 g/mol. The molecule has 0 aliphatic heterocycles. The highest BCUT2D eigenvalue weighted by Crippen LogP contribution is 1.77. The van der Waals surface area contributed by atoms with Crippen molar-refractivity contribution in [1.82, 2.24) is 0 Å². The second-order valence-corrected chi connectivity index (χ2v) is 3.00. The Hall–Kier alpha value is -0.160. The summed E-state index contributed by atoms with van der Waals surface area (Å²) in [6.45, 7) is 5.34. The van der Waals surface area contributed by atoms with E-state index in [9.17, 15) is 0 Å². The maximum absolute atomic E-state index is 5.31. The van der Waals surface area contributed by atoms with Crippen LogP contribution in [0.4, 0.5) is 0 Å². The van der Waals surface area contributed by atoms with Gasteiger partial charge in [0.25, 0.3) is 0 Å². The summed E-state index contributed by atoms with van der Waals surface area (Å²) in [7, 11) is 0. The van der Waals surface area contributed by atoms with Crippen molar-refractivity contribution in [2.24, 2.45) is 22.9 Å². The Bertz CT molecular complexity index is 63.5. The molecule has 0 aromatic rings. The minimum absolute atomic E-state index is 0.130. The van der Waals surface area contributed by atoms with E-state index in [-0.39, 0.29) is 12.1 Å². The molecule has 0 bridgehead atoms. The van der Waals surface area contributed by atoms with Gasteiger partial charge in [-0.1, -0.05) is 0 Å². The summed E-state index contributed by atoms with van der Waals surface area (Å²) >= 11 is 0. The zero-order valence-electron chi connectivity index (χ0n) is 8.29. The van der Waals surface area contributed by atoms with Gasteiger partial charge in [0.15, 0.2) is 0 Å². The molecule has 0 saturated heterocycles. The normalized spacial score (nSPS) is 14.5. The number of hydrogen-bond acceptors (Lipinski definition) is 4. The average Bonchev–Trinajstić information content (AvgIpc) is 2.02. The van der Waals surface area contributed by atoms with Crippen molar-refractivity contribution in [1.29, 1.82) is 0 Å². The van der Waals surface area contributed by atoms with E-state index in [1.807, 2.05) is 13.8 Å². The standard InChI is InChI=1S/2C4H12N2/c1-3(5)4(2)6;5-3-1-2-4-6/h3-4H,5-6H2,1-2H3;1-6H2. The summed E-state index contributed by atoms with van der Waals surface area (Å²) in [5.41, 5.74) is 20.9. The van der Waals surface area contributed by atoms with E-state index in [1.165, 1.54) is 0 Å². The number of unbranched alkanes of at least 4 members (excludes halogenated alkanes) is 1. The van der Waals surface area contributed by atoms with Crippen LogP contribution in [0.5, 0.6) is 0 Å². The first-order valence-corrected chi connectivity index (χ1v) is 4.47. The maximum atomic E-state index is 5.31. The van der Waals surface area contributed by atoms with Gasteiger partial charge in [0.2, 0.25) is 0 Å². The van der Waals surface area contributed by atoms with Crippen LogP contribution >= 0.6 is 0 Å². The lowest BCUT2D eigenvalue weighted by molar-refractivity contribution is 0.603. The topological polar surface area (TPSA) is 104 Å². The van der Waals surface area contributed by atoms with Crippen LogP contribution in [0.1, 0.15) is 26.7 Å².